The first-order valence-corrected chi connectivity index (χ1v) is 5.80. The number of anilines is 1. The lowest BCUT2D eigenvalue weighted by Gasteiger charge is -2.07. The quantitative estimate of drug-likeness (QED) is 0.807. The molecule has 3 heteroatoms. The second-order valence-corrected chi connectivity index (χ2v) is 4.10. The van der Waals surface area contributed by atoms with Crippen LogP contribution in [0, 0.1) is 0 Å². The minimum absolute atomic E-state index is 0.350. The maximum absolute atomic E-state index is 10.7. The number of fused-ring (bicyclic) bond motifs is 1. The molecule has 3 nitrogen and oxygen atoms in total. The molecule has 0 heterocycles. The summed E-state index contributed by atoms with van der Waals surface area (Å²) in [6, 6.07) is 14.1. The van der Waals surface area contributed by atoms with Gasteiger partial charge in [0.05, 0.1) is 0 Å². The molecule has 0 saturated carbocycles. The molecule has 92 valence electrons. The third-order valence-corrected chi connectivity index (χ3v) is 2.83. The highest BCUT2D eigenvalue weighted by atomic mass is 16.4. The van der Waals surface area contributed by atoms with E-state index in [2.05, 4.69) is 17.4 Å². The molecule has 0 saturated heterocycles. The number of hydrogen-bond donors (Lipinski definition) is 2. The lowest BCUT2D eigenvalue weighted by atomic mass is 10.1. The third kappa shape index (κ3) is 2.69. The number of nitrogens with one attached hydrogen (secondary N) is 1. The highest BCUT2D eigenvalue weighted by Gasteiger charge is 2.00. The summed E-state index contributed by atoms with van der Waals surface area (Å²) < 4.78 is 0. The van der Waals surface area contributed by atoms with E-state index in [-0.39, 0.29) is 0 Å². The minimum Gasteiger partial charge on any atom is -0.478 e. The van der Waals surface area contributed by atoms with E-state index < -0.39 is 5.97 Å². The zero-order valence-corrected chi connectivity index (χ0v) is 10.2. The second-order valence-electron chi connectivity index (χ2n) is 4.10. The van der Waals surface area contributed by atoms with Crippen molar-refractivity contribution >= 4 is 22.4 Å². The van der Waals surface area contributed by atoms with Crippen molar-refractivity contribution in [3.8, 4) is 0 Å². The maximum Gasteiger partial charge on any atom is 0.331 e. The normalized spacial score (nSPS) is 11.5. The van der Waals surface area contributed by atoms with Crippen molar-refractivity contribution in [2.75, 3.05) is 11.9 Å². The van der Waals surface area contributed by atoms with Crippen LogP contribution >= 0.6 is 0 Å². The molecule has 0 aliphatic heterocycles. The molecule has 0 amide bonds. The number of benzene rings is 2. The van der Waals surface area contributed by atoms with Gasteiger partial charge in [-0.05, 0) is 18.4 Å². The summed E-state index contributed by atoms with van der Waals surface area (Å²) in [5, 5.41) is 14.3. The first-order chi connectivity index (χ1) is 8.68. The van der Waals surface area contributed by atoms with Gasteiger partial charge < -0.3 is 10.4 Å². The van der Waals surface area contributed by atoms with E-state index in [1.165, 1.54) is 5.39 Å². The largest absolute Gasteiger partial charge is 0.478 e. The van der Waals surface area contributed by atoms with E-state index in [1.54, 1.807) is 13.0 Å². The maximum atomic E-state index is 10.7. The van der Waals surface area contributed by atoms with Crippen LogP contribution in [0.2, 0.25) is 0 Å². The highest BCUT2D eigenvalue weighted by molar-refractivity contribution is 5.93. The Morgan fingerprint density at radius 2 is 1.94 bits per heavy atom. The minimum atomic E-state index is -0.880. The Morgan fingerprint density at radius 1 is 1.22 bits per heavy atom. The Kier molecular flexibility index (Phi) is 3.63. The smallest absolute Gasteiger partial charge is 0.331 e. The molecule has 0 unspecified atom stereocenters. The van der Waals surface area contributed by atoms with Crippen molar-refractivity contribution in [2.45, 2.75) is 6.92 Å². The first kappa shape index (κ1) is 12.2. The molecule has 0 aliphatic carbocycles. The molecule has 0 radical (unpaired) electrons. The average molecular weight is 241 g/mol. The summed E-state index contributed by atoms with van der Waals surface area (Å²) in [6.07, 6.45) is 1.67. The zero-order valence-electron chi connectivity index (χ0n) is 10.2. The van der Waals surface area contributed by atoms with Crippen LogP contribution in [0.3, 0.4) is 0 Å². The van der Waals surface area contributed by atoms with Crippen LogP contribution in [0.1, 0.15) is 6.92 Å². The van der Waals surface area contributed by atoms with Crippen LogP contribution < -0.4 is 5.32 Å². The number of hydrogen-bond acceptors (Lipinski definition) is 2. The highest BCUT2D eigenvalue weighted by Crippen LogP contribution is 2.22. The molecule has 2 aromatic rings. The Bertz CT molecular complexity index is 597. The van der Waals surface area contributed by atoms with Gasteiger partial charge in [-0.25, -0.2) is 4.79 Å². The van der Waals surface area contributed by atoms with Gasteiger partial charge >= 0.3 is 5.97 Å². The van der Waals surface area contributed by atoms with Crippen LogP contribution in [0.25, 0.3) is 10.8 Å². The fraction of sp³-hybridized carbons (Fsp3) is 0.133. The van der Waals surface area contributed by atoms with E-state index in [1.807, 2.05) is 30.3 Å². The van der Waals surface area contributed by atoms with Crippen LogP contribution in [0.15, 0.2) is 54.1 Å². The summed E-state index contributed by atoms with van der Waals surface area (Å²) in [6.45, 7) is 2.10. The van der Waals surface area contributed by atoms with E-state index in [4.69, 9.17) is 5.11 Å². The number of aliphatic carboxylic acids is 1. The van der Waals surface area contributed by atoms with Gasteiger partial charge in [-0.3, -0.25) is 0 Å². The van der Waals surface area contributed by atoms with Crippen LogP contribution in [0.4, 0.5) is 5.69 Å². The Labute approximate surface area is 106 Å². The lowest BCUT2D eigenvalue weighted by molar-refractivity contribution is -0.132. The van der Waals surface area contributed by atoms with Crippen molar-refractivity contribution in [2.24, 2.45) is 0 Å². The summed E-state index contributed by atoms with van der Waals surface area (Å²) in [4.78, 5) is 10.7. The Hall–Kier alpha value is -2.29. The third-order valence-electron chi connectivity index (χ3n) is 2.83. The fourth-order valence-electron chi connectivity index (χ4n) is 1.78. The van der Waals surface area contributed by atoms with Crippen LogP contribution in [0.5, 0.6) is 0 Å². The van der Waals surface area contributed by atoms with Gasteiger partial charge in [0.1, 0.15) is 0 Å². The Morgan fingerprint density at radius 3 is 2.72 bits per heavy atom. The van der Waals surface area contributed by atoms with E-state index in [0.29, 0.717) is 12.1 Å². The van der Waals surface area contributed by atoms with Gasteiger partial charge in [0.25, 0.3) is 0 Å². The van der Waals surface area contributed by atoms with Gasteiger partial charge in [0, 0.05) is 23.2 Å². The van der Waals surface area contributed by atoms with Gasteiger partial charge in [-0.15, -0.1) is 0 Å². The summed E-state index contributed by atoms with van der Waals surface area (Å²) >= 11 is 0. The summed E-state index contributed by atoms with van der Waals surface area (Å²) in [7, 11) is 0. The number of carbonyl (C=O) groups is 1. The SMILES string of the molecule is C/C(=C/CNc1cccc2ccccc12)C(=O)O. The number of carboxylic acids is 1. The number of rotatable bonds is 4. The van der Waals surface area contributed by atoms with E-state index >= 15 is 0 Å². The van der Waals surface area contributed by atoms with Gasteiger partial charge in [0.15, 0.2) is 0 Å². The van der Waals surface area contributed by atoms with Crippen molar-refractivity contribution in [1.82, 2.24) is 0 Å². The van der Waals surface area contributed by atoms with Crippen molar-refractivity contribution < 1.29 is 9.90 Å². The molecule has 2 aromatic carbocycles. The standard InChI is InChI=1S/C15H15NO2/c1-11(15(17)18)9-10-16-14-8-4-6-12-5-2-3-7-13(12)14/h2-9,16H,10H2,1H3,(H,17,18)/b11-9-. The number of carboxylic acid groups (broad SMARTS) is 1. The Balaban J connectivity index is 2.18. The molecule has 0 bridgehead atoms. The van der Waals surface area contributed by atoms with Crippen molar-refractivity contribution in [1.29, 1.82) is 0 Å². The molecular formula is C15H15NO2. The summed E-state index contributed by atoms with van der Waals surface area (Å²) in [5.41, 5.74) is 1.37. The predicted molar refractivity (Wildman–Crippen MR) is 73.8 cm³/mol. The van der Waals surface area contributed by atoms with Crippen LogP contribution in [-0.2, 0) is 4.79 Å². The molecule has 0 aromatic heterocycles. The average Bonchev–Trinajstić information content (AvgIpc) is 2.38. The monoisotopic (exact) mass is 241 g/mol. The van der Waals surface area contributed by atoms with Crippen LogP contribution in [-0.4, -0.2) is 17.6 Å². The fourth-order valence-corrected chi connectivity index (χ4v) is 1.78. The zero-order chi connectivity index (χ0) is 13.0. The predicted octanol–water partition coefficient (Wildman–Crippen LogP) is 3.28. The molecule has 0 atom stereocenters. The van der Waals surface area contributed by atoms with Gasteiger partial charge in [-0.1, -0.05) is 42.5 Å². The molecule has 0 spiro atoms. The molecule has 0 fully saturated rings. The molecule has 0 aliphatic rings. The van der Waals surface area contributed by atoms with Crippen molar-refractivity contribution in [3.63, 3.8) is 0 Å². The molecule has 2 rings (SSSR count). The topological polar surface area (TPSA) is 49.3 Å². The van der Waals surface area contributed by atoms with Crippen molar-refractivity contribution in [3.05, 3.63) is 54.1 Å². The second kappa shape index (κ2) is 5.36. The first-order valence-electron chi connectivity index (χ1n) is 5.80. The summed E-state index contributed by atoms with van der Waals surface area (Å²) in [5.74, 6) is -0.880. The van der Waals surface area contributed by atoms with E-state index in [0.717, 1.165) is 11.1 Å². The molecule has 2 N–H and O–H groups in total. The molecule has 18 heavy (non-hydrogen) atoms. The van der Waals surface area contributed by atoms with Gasteiger partial charge in [-0.2, -0.15) is 0 Å². The molecular weight excluding hydrogens is 226 g/mol. The van der Waals surface area contributed by atoms with Gasteiger partial charge in [0.2, 0.25) is 0 Å². The lowest BCUT2D eigenvalue weighted by Crippen LogP contribution is -2.03. The van der Waals surface area contributed by atoms with E-state index in [9.17, 15) is 4.79 Å².